The maximum absolute atomic E-state index is 12.9. The van der Waals surface area contributed by atoms with Crippen LogP contribution < -0.4 is 10.1 Å². The molecule has 0 aliphatic heterocycles. The van der Waals surface area contributed by atoms with Crippen LogP contribution in [0.4, 0.5) is 0 Å². The number of hydrogen-bond donors (Lipinski definition) is 3. The molecule has 1 amide bonds. The summed E-state index contributed by atoms with van der Waals surface area (Å²) in [7, 11) is 1.64. The smallest absolute Gasteiger partial charge is 0.268 e. The summed E-state index contributed by atoms with van der Waals surface area (Å²) in [6.07, 6.45) is 3.07. The van der Waals surface area contributed by atoms with Gasteiger partial charge in [0.15, 0.2) is 0 Å². The summed E-state index contributed by atoms with van der Waals surface area (Å²) in [6, 6.07) is 16.0. The Morgan fingerprint density at radius 3 is 2.89 bits per heavy atom. The Morgan fingerprint density at radius 1 is 1.11 bits per heavy atom. The summed E-state index contributed by atoms with van der Waals surface area (Å²) < 4.78 is 5.26. The molecule has 0 spiro atoms. The molecule has 0 fully saturated rings. The van der Waals surface area contributed by atoms with Gasteiger partial charge in [0.05, 0.1) is 13.2 Å². The van der Waals surface area contributed by atoms with E-state index in [-0.39, 0.29) is 11.9 Å². The molecule has 5 heteroatoms. The maximum Gasteiger partial charge on any atom is 0.268 e. The lowest BCUT2D eigenvalue weighted by Gasteiger charge is -2.23. The minimum Gasteiger partial charge on any atom is -0.497 e. The second kappa shape index (κ2) is 6.20. The van der Waals surface area contributed by atoms with Gasteiger partial charge >= 0.3 is 0 Å². The molecule has 27 heavy (non-hydrogen) atoms. The predicted octanol–water partition coefficient (Wildman–Crippen LogP) is 4.47. The summed E-state index contributed by atoms with van der Waals surface area (Å²) in [5, 5.41) is 5.44. The molecule has 2 aromatic carbocycles. The average Bonchev–Trinajstić information content (AvgIpc) is 3.29. The zero-order chi connectivity index (χ0) is 18.4. The molecule has 4 aromatic rings. The topological polar surface area (TPSA) is 69.9 Å². The lowest BCUT2D eigenvalue weighted by atomic mass is 9.91. The molecule has 0 unspecified atom stereocenters. The number of aromatic amines is 2. The fourth-order valence-corrected chi connectivity index (χ4v) is 4.16. The summed E-state index contributed by atoms with van der Waals surface area (Å²) in [4.78, 5) is 19.6. The first-order valence-corrected chi connectivity index (χ1v) is 9.30. The highest BCUT2D eigenvalue weighted by Crippen LogP contribution is 2.34. The molecule has 0 saturated heterocycles. The highest BCUT2D eigenvalue weighted by atomic mass is 16.5. The van der Waals surface area contributed by atoms with Crippen LogP contribution in [-0.4, -0.2) is 23.0 Å². The number of para-hydroxylation sites is 1. The Morgan fingerprint density at radius 2 is 2.00 bits per heavy atom. The van der Waals surface area contributed by atoms with Gasteiger partial charge in [-0.05, 0) is 55.2 Å². The first kappa shape index (κ1) is 16.0. The van der Waals surface area contributed by atoms with Crippen molar-refractivity contribution in [3.05, 3.63) is 65.5 Å². The van der Waals surface area contributed by atoms with Gasteiger partial charge in [-0.3, -0.25) is 4.79 Å². The van der Waals surface area contributed by atoms with Gasteiger partial charge in [0.25, 0.3) is 5.91 Å². The Hall–Kier alpha value is -3.21. The number of aromatic nitrogens is 2. The number of carbonyl (C=O) groups excluding carboxylic acids is 1. The largest absolute Gasteiger partial charge is 0.497 e. The van der Waals surface area contributed by atoms with E-state index in [0.29, 0.717) is 5.69 Å². The number of aryl methyl sites for hydroxylation is 1. The molecule has 2 aromatic heterocycles. The van der Waals surface area contributed by atoms with Crippen LogP contribution in [0.5, 0.6) is 5.75 Å². The van der Waals surface area contributed by atoms with E-state index < -0.39 is 0 Å². The summed E-state index contributed by atoms with van der Waals surface area (Å²) >= 11 is 0. The van der Waals surface area contributed by atoms with Crippen molar-refractivity contribution < 1.29 is 9.53 Å². The minimum absolute atomic E-state index is 0.00889. The monoisotopic (exact) mass is 359 g/mol. The summed E-state index contributed by atoms with van der Waals surface area (Å²) in [5.74, 6) is 0.699. The number of benzene rings is 2. The molecule has 3 N–H and O–H groups in total. The number of ether oxygens (including phenoxy) is 1. The highest BCUT2D eigenvalue weighted by molar-refractivity contribution is 5.98. The van der Waals surface area contributed by atoms with Crippen molar-refractivity contribution in [2.75, 3.05) is 7.11 Å². The van der Waals surface area contributed by atoms with Crippen LogP contribution in [-0.2, 0) is 6.42 Å². The molecule has 2 heterocycles. The van der Waals surface area contributed by atoms with Crippen molar-refractivity contribution in [3.8, 4) is 5.75 Å². The molecule has 5 rings (SSSR count). The third-order valence-corrected chi connectivity index (χ3v) is 5.49. The highest BCUT2D eigenvalue weighted by Gasteiger charge is 2.26. The van der Waals surface area contributed by atoms with Crippen molar-refractivity contribution in [2.45, 2.75) is 25.3 Å². The van der Waals surface area contributed by atoms with E-state index in [0.717, 1.165) is 47.1 Å². The maximum atomic E-state index is 12.9. The number of nitrogens with one attached hydrogen (secondary N) is 3. The third-order valence-electron chi connectivity index (χ3n) is 5.49. The number of fused-ring (bicyclic) bond motifs is 4. The van der Waals surface area contributed by atoms with Crippen molar-refractivity contribution in [1.29, 1.82) is 0 Å². The molecule has 1 aliphatic carbocycles. The van der Waals surface area contributed by atoms with E-state index in [2.05, 4.69) is 33.5 Å². The Bertz CT molecular complexity index is 1160. The van der Waals surface area contributed by atoms with E-state index in [1.807, 2.05) is 30.3 Å². The van der Waals surface area contributed by atoms with Gasteiger partial charge in [0.2, 0.25) is 0 Å². The SMILES string of the molecule is COc1ccc2[nH]c(C(=O)N[C@H]3CCCc4c3[nH]c3ccccc43)cc2c1. The summed E-state index contributed by atoms with van der Waals surface area (Å²) in [6.45, 7) is 0. The molecule has 136 valence electrons. The normalized spacial score (nSPS) is 16.4. The fourth-order valence-electron chi connectivity index (χ4n) is 4.16. The van der Waals surface area contributed by atoms with E-state index in [1.54, 1.807) is 7.11 Å². The van der Waals surface area contributed by atoms with Gasteiger partial charge in [-0.1, -0.05) is 18.2 Å². The van der Waals surface area contributed by atoms with Crippen molar-refractivity contribution in [2.24, 2.45) is 0 Å². The van der Waals surface area contributed by atoms with Crippen molar-refractivity contribution in [1.82, 2.24) is 15.3 Å². The van der Waals surface area contributed by atoms with E-state index in [1.165, 1.54) is 10.9 Å². The number of hydrogen-bond acceptors (Lipinski definition) is 2. The van der Waals surface area contributed by atoms with Gasteiger partial charge in [-0.25, -0.2) is 0 Å². The van der Waals surface area contributed by atoms with Gasteiger partial charge in [-0.2, -0.15) is 0 Å². The van der Waals surface area contributed by atoms with Crippen LogP contribution in [0.2, 0.25) is 0 Å². The van der Waals surface area contributed by atoms with Crippen molar-refractivity contribution >= 4 is 27.7 Å². The number of methoxy groups -OCH3 is 1. The first-order chi connectivity index (χ1) is 13.2. The average molecular weight is 359 g/mol. The van der Waals surface area contributed by atoms with Crippen LogP contribution in [0.15, 0.2) is 48.5 Å². The zero-order valence-corrected chi connectivity index (χ0v) is 15.1. The zero-order valence-electron chi connectivity index (χ0n) is 15.1. The number of amides is 1. The molecular weight excluding hydrogens is 338 g/mol. The fraction of sp³-hybridized carbons (Fsp3) is 0.227. The second-order valence-electron chi connectivity index (χ2n) is 7.12. The molecule has 5 nitrogen and oxygen atoms in total. The van der Waals surface area contributed by atoms with Crippen molar-refractivity contribution in [3.63, 3.8) is 0 Å². The Kier molecular flexibility index (Phi) is 3.67. The molecule has 1 aliphatic rings. The lowest BCUT2D eigenvalue weighted by molar-refractivity contribution is 0.0927. The van der Waals surface area contributed by atoms with E-state index in [9.17, 15) is 4.79 Å². The molecular formula is C22H21N3O2. The second-order valence-corrected chi connectivity index (χ2v) is 7.12. The van der Waals surface area contributed by atoms with E-state index in [4.69, 9.17) is 4.74 Å². The summed E-state index contributed by atoms with van der Waals surface area (Å²) in [5.41, 5.74) is 5.12. The Balaban J connectivity index is 1.45. The minimum atomic E-state index is -0.0818. The van der Waals surface area contributed by atoms with Gasteiger partial charge in [-0.15, -0.1) is 0 Å². The lowest BCUT2D eigenvalue weighted by Crippen LogP contribution is -2.31. The number of H-pyrrole nitrogens is 2. The number of rotatable bonds is 3. The van der Waals surface area contributed by atoms with Gasteiger partial charge in [0.1, 0.15) is 11.4 Å². The third kappa shape index (κ3) is 2.67. The first-order valence-electron chi connectivity index (χ1n) is 9.30. The molecule has 0 bridgehead atoms. The van der Waals surface area contributed by atoms with E-state index >= 15 is 0 Å². The molecule has 0 saturated carbocycles. The Labute approximate surface area is 156 Å². The van der Waals surface area contributed by atoms with Crippen LogP contribution in [0, 0.1) is 0 Å². The standard InChI is InChI=1S/C22H21N3O2/c1-27-14-9-10-17-13(11-14)12-20(23-17)22(26)25-19-8-4-6-16-15-5-2-3-7-18(15)24-21(16)19/h2-3,5,7,9-12,19,23-24H,4,6,8H2,1H3,(H,25,26)/t19-/m0/s1. The van der Waals surface area contributed by atoms with Gasteiger partial charge in [0, 0.05) is 27.5 Å². The quantitative estimate of drug-likeness (QED) is 0.505. The van der Waals surface area contributed by atoms with Gasteiger partial charge < -0.3 is 20.0 Å². The van der Waals surface area contributed by atoms with Crippen LogP contribution in [0.3, 0.4) is 0 Å². The van der Waals surface area contributed by atoms with Crippen LogP contribution in [0.25, 0.3) is 21.8 Å². The predicted molar refractivity (Wildman–Crippen MR) is 106 cm³/mol. The number of carbonyl (C=O) groups is 1. The van der Waals surface area contributed by atoms with Crippen LogP contribution >= 0.6 is 0 Å². The molecule has 1 atom stereocenters. The van der Waals surface area contributed by atoms with Crippen LogP contribution in [0.1, 0.15) is 40.6 Å². The molecule has 0 radical (unpaired) electrons.